The van der Waals surface area contributed by atoms with Crippen LogP contribution in [0.1, 0.15) is 106 Å². The van der Waals surface area contributed by atoms with Crippen LogP contribution in [0.4, 0.5) is 0 Å². The van der Waals surface area contributed by atoms with Gasteiger partial charge >= 0.3 is 5.97 Å². The molecule has 33 heavy (non-hydrogen) atoms. The molecule has 184 valence electrons. The molecule has 2 saturated carbocycles. The van der Waals surface area contributed by atoms with E-state index < -0.39 is 0 Å². The minimum absolute atomic E-state index is 0.120. The van der Waals surface area contributed by atoms with E-state index in [9.17, 15) is 4.79 Å². The molecule has 0 radical (unpaired) electrons. The van der Waals surface area contributed by atoms with Crippen LogP contribution in [0, 0.1) is 40.4 Å². The molecule has 2 heteroatoms. The van der Waals surface area contributed by atoms with Crippen LogP contribution < -0.4 is 0 Å². The predicted molar refractivity (Wildman–Crippen MR) is 138 cm³/mol. The molecule has 0 heterocycles. The smallest absolute Gasteiger partial charge is 0.302 e. The third-order valence-corrected chi connectivity index (χ3v) is 10.5. The normalized spacial score (nSPS) is 39.2. The van der Waals surface area contributed by atoms with Gasteiger partial charge < -0.3 is 4.74 Å². The van der Waals surface area contributed by atoms with Crippen LogP contribution in [-0.2, 0) is 9.53 Å². The van der Waals surface area contributed by atoms with Crippen LogP contribution >= 0.6 is 0 Å². The standard InChI is InChI=1S/C31H48O2/c1-8-23(20(2)3)10-9-21(4)27-13-14-28-26-12-11-24-19-25(33-22(5)32)15-17-30(24,6)29(26)16-18-31(27,28)7/h8,12,16,20-21,24-25,27-28H,9-11,13-15,17-19H2,1-7H3. The lowest BCUT2D eigenvalue weighted by Gasteiger charge is -2.53. The van der Waals surface area contributed by atoms with Crippen molar-refractivity contribution in [3.63, 3.8) is 0 Å². The van der Waals surface area contributed by atoms with Gasteiger partial charge in [-0.25, -0.2) is 0 Å². The number of esters is 1. The molecule has 0 spiro atoms. The Morgan fingerprint density at radius 1 is 1.18 bits per heavy atom. The van der Waals surface area contributed by atoms with Gasteiger partial charge in [-0.15, -0.1) is 0 Å². The van der Waals surface area contributed by atoms with Gasteiger partial charge in [-0.3, -0.25) is 4.79 Å². The van der Waals surface area contributed by atoms with Crippen molar-refractivity contribution in [1.82, 2.24) is 0 Å². The maximum absolute atomic E-state index is 11.5. The molecule has 0 N–H and O–H groups in total. The van der Waals surface area contributed by atoms with Crippen LogP contribution in [0.5, 0.6) is 0 Å². The minimum Gasteiger partial charge on any atom is -0.463 e. The number of carbonyl (C=O) groups excluding carboxylic acids is 1. The molecule has 0 aromatic rings. The molecule has 0 bridgehead atoms. The van der Waals surface area contributed by atoms with Crippen molar-refractivity contribution in [3.05, 3.63) is 34.9 Å². The Bertz CT molecular complexity index is 845. The molecule has 2 nitrogen and oxygen atoms in total. The first kappa shape index (κ1) is 24.8. The first-order valence-electron chi connectivity index (χ1n) is 13.8. The number of fused-ring (bicyclic) bond motifs is 5. The fourth-order valence-electron chi connectivity index (χ4n) is 8.49. The number of allylic oxidation sites excluding steroid dienone is 6. The molecule has 4 aliphatic carbocycles. The largest absolute Gasteiger partial charge is 0.463 e. The van der Waals surface area contributed by atoms with E-state index in [2.05, 4.69) is 59.8 Å². The van der Waals surface area contributed by atoms with Gasteiger partial charge in [0.25, 0.3) is 0 Å². The van der Waals surface area contributed by atoms with Gasteiger partial charge in [0, 0.05) is 6.92 Å². The van der Waals surface area contributed by atoms with E-state index >= 15 is 0 Å². The molecule has 0 aliphatic heterocycles. The molecule has 0 aromatic heterocycles. The highest BCUT2D eigenvalue weighted by atomic mass is 16.5. The van der Waals surface area contributed by atoms with Crippen LogP contribution in [0.15, 0.2) is 34.9 Å². The molecule has 0 amide bonds. The molecule has 2 fully saturated rings. The fourth-order valence-corrected chi connectivity index (χ4v) is 8.49. The average molecular weight is 453 g/mol. The fraction of sp³-hybridized carbons (Fsp3) is 0.774. The average Bonchev–Trinajstić information content (AvgIpc) is 3.11. The zero-order valence-electron chi connectivity index (χ0n) is 22.4. The second-order valence-electron chi connectivity index (χ2n) is 12.6. The van der Waals surface area contributed by atoms with Crippen molar-refractivity contribution in [2.24, 2.45) is 40.4 Å². The first-order valence-corrected chi connectivity index (χ1v) is 13.8. The van der Waals surface area contributed by atoms with Crippen molar-refractivity contribution in [1.29, 1.82) is 0 Å². The number of rotatable bonds is 6. The number of hydrogen-bond donors (Lipinski definition) is 0. The summed E-state index contributed by atoms with van der Waals surface area (Å²) in [7, 11) is 0. The lowest BCUT2D eigenvalue weighted by molar-refractivity contribution is -0.150. The molecule has 7 unspecified atom stereocenters. The van der Waals surface area contributed by atoms with Gasteiger partial charge in [0.1, 0.15) is 6.10 Å². The van der Waals surface area contributed by atoms with Gasteiger partial charge in [-0.2, -0.15) is 0 Å². The Morgan fingerprint density at radius 2 is 1.94 bits per heavy atom. The summed E-state index contributed by atoms with van der Waals surface area (Å²) in [4.78, 5) is 11.5. The quantitative estimate of drug-likeness (QED) is 0.298. The molecular formula is C31H48O2. The van der Waals surface area contributed by atoms with E-state index in [0.717, 1.165) is 43.4 Å². The van der Waals surface area contributed by atoms with Crippen molar-refractivity contribution in [2.75, 3.05) is 0 Å². The molecule has 0 saturated heterocycles. The van der Waals surface area contributed by atoms with Crippen molar-refractivity contribution >= 4 is 5.97 Å². The summed E-state index contributed by atoms with van der Waals surface area (Å²) < 4.78 is 5.63. The number of hydrogen-bond acceptors (Lipinski definition) is 2. The minimum atomic E-state index is -0.121. The van der Waals surface area contributed by atoms with E-state index in [1.165, 1.54) is 32.1 Å². The number of carbonyl (C=O) groups is 1. The lowest BCUT2D eigenvalue weighted by atomic mass is 9.51. The second kappa shape index (κ2) is 9.38. The van der Waals surface area contributed by atoms with Crippen molar-refractivity contribution in [2.45, 2.75) is 112 Å². The van der Waals surface area contributed by atoms with Crippen LogP contribution in [0.2, 0.25) is 0 Å². The van der Waals surface area contributed by atoms with E-state index in [0.29, 0.717) is 17.3 Å². The third kappa shape index (κ3) is 4.41. The number of ether oxygens (including phenoxy) is 1. The SMILES string of the molecule is CC=C(CCC(C)C1CCC2C3=CCC4CC(OC(C)=O)CCC4(C)C3=CCC21C)C(C)C. The maximum atomic E-state index is 11.5. The van der Waals surface area contributed by atoms with Gasteiger partial charge in [-0.05, 0) is 116 Å². The Labute approximate surface area is 203 Å². The zero-order valence-corrected chi connectivity index (χ0v) is 22.4. The Morgan fingerprint density at radius 3 is 2.61 bits per heavy atom. The van der Waals surface area contributed by atoms with E-state index in [1.54, 1.807) is 23.6 Å². The first-order chi connectivity index (χ1) is 15.6. The summed E-state index contributed by atoms with van der Waals surface area (Å²) >= 11 is 0. The second-order valence-corrected chi connectivity index (χ2v) is 12.6. The summed E-state index contributed by atoms with van der Waals surface area (Å²) in [5.74, 6) is 3.52. The van der Waals surface area contributed by atoms with Crippen molar-refractivity contribution < 1.29 is 9.53 Å². The van der Waals surface area contributed by atoms with Gasteiger partial charge in [-0.1, -0.05) is 58.4 Å². The summed E-state index contributed by atoms with van der Waals surface area (Å²) in [6, 6.07) is 0. The third-order valence-electron chi connectivity index (χ3n) is 10.5. The zero-order chi connectivity index (χ0) is 24.0. The molecular weight excluding hydrogens is 404 g/mol. The molecule has 7 atom stereocenters. The van der Waals surface area contributed by atoms with Gasteiger partial charge in [0.2, 0.25) is 0 Å². The van der Waals surface area contributed by atoms with Crippen molar-refractivity contribution in [3.8, 4) is 0 Å². The van der Waals surface area contributed by atoms with E-state index in [4.69, 9.17) is 4.74 Å². The highest BCUT2D eigenvalue weighted by Gasteiger charge is 2.55. The predicted octanol–water partition coefficient (Wildman–Crippen LogP) is 8.44. The van der Waals surface area contributed by atoms with E-state index in [-0.39, 0.29) is 17.5 Å². The van der Waals surface area contributed by atoms with E-state index in [1.807, 2.05) is 0 Å². The maximum Gasteiger partial charge on any atom is 0.302 e. The summed E-state index contributed by atoms with van der Waals surface area (Å²) in [6.07, 6.45) is 18.7. The highest BCUT2D eigenvalue weighted by molar-refractivity contribution is 5.66. The van der Waals surface area contributed by atoms with Crippen LogP contribution in [-0.4, -0.2) is 12.1 Å². The summed E-state index contributed by atoms with van der Waals surface area (Å²) in [5.41, 5.74) is 5.70. The van der Waals surface area contributed by atoms with Gasteiger partial charge in [0.05, 0.1) is 0 Å². The summed E-state index contributed by atoms with van der Waals surface area (Å²) in [5, 5.41) is 0. The Hall–Kier alpha value is -1.31. The molecule has 4 rings (SSSR count). The van der Waals surface area contributed by atoms with Gasteiger partial charge in [0.15, 0.2) is 0 Å². The Balaban J connectivity index is 1.50. The molecule has 4 aliphatic rings. The van der Waals surface area contributed by atoms with Crippen LogP contribution in [0.25, 0.3) is 0 Å². The Kier molecular flexibility index (Phi) is 7.05. The topological polar surface area (TPSA) is 26.3 Å². The summed E-state index contributed by atoms with van der Waals surface area (Å²) in [6.45, 7) is 16.1. The monoisotopic (exact) mass is 452 g/mol. The lowest BCUT2D eigenvalue weighted by Crippen LogP contribution is -2.45. The highest BCUT2D eigenvalue weighted by Crippen LogP contribution is 2.65. The molecule has 0 aromatic carbocycles. The van der Waals surface area contributed by atoms with Crippen LogP contribution in [0.3, 0.4) is 0 Å².